The van der Waals surface area contributed by atoms with Gasteiger partial charge in [0.05, 0.1) is 11.4 Å². The third-order valence-corrected chi connectivity index (χ3v) is 7.37. The number of nitrogens with one attached hydrogen (secondary N) is 1. The molecule has 1 saturated heterocycles. The van der Waals surface area contributed by atoms with E-state index in [1.54, 1.807) is 6.07 Å². The molecule has 0 unspecified atom stereocenters. The van der Waals surface area contributed by atoms with E-state index in [0.29, 0.717) is 11.3 Å². The first-order valence-corrected chi connectivity index (χ1v) is 12.0. The lowest BCUT2D eigenvalue weighted by Gasteiger charge is -2.32. The maximum atomic E-state index is 12.8. The first-order chi connectivity index (χ1) is 15.1. The number of rotatable bonds is 8. The molecule has 1 aliphatic heterocycles. The summed E-state index contributed by atoms with van der Waals surface area (Å²) in [6.45, 7) is 5.98. The molecule has 2 aromatic rings. The van der Waals surface area contributed by atoms with Crippen LogP contribution in [0.25, 0.3) is 0 Å². The zero-order valence-electron chi connectivity index (χ0n) is 18.7. The lowest BCUT2D eigenvalue weighted by atomic mass is 10.1. The van der Waals surface area contributed by atoms with Crippen LogP contribution in [0.4, 0.5) is 5.69 Å². The zero-order valence-corrected chi connectivity index (χ0v) is 19.6. The fraction of sp³-hybridized carbons (Fsp3) is 0.391. The number of carbonyl (C=O) groups excluding carboxylic acids is 2. The summed E-state index contributed by atoms with van der Waals surface area (Å²) in [4.78, 5) is 28.6. The second-order valence-electron chi connectivity index (χ2n) is 8.17. The van der Waals surface area contributed by atoms with Crippen LogP contribution in [0.1, 0.15) is 22.8 Å². The fourth-order valence-electron chi connectivity index (χ4n) is 3.54. The van der Waals surface area contributed by atoms with E-state index in [-0.39, 0.29) is 17.2 Å². The van der Waals surface area contributed by atoms with Gasteiger partial charge in [0.15, 0.2) is 5.78 Å². The third-order valence-electron chi connectivity index (χ3n) is 5.55. The van der Waals surface area contributed by atoms with Gasteiger partial charge in [-0.15, -0.1) is 0 Å². The zero-order chi connectivity index (χ0) is 23.3. The molecule has 0 bridgehead atoms. The van der Waals surface area contributed by atoms with E-state index >= 15 is 0 Å². The van der Waals surface area contributed by atoms with Crippen molar-refractivity contribution in [3.63, 3.8) is 0 Å². The molecule has 0 aromatic heterocycles. The van der Waals surface area contributed by atoms with E-state index in [9.17, 15) is 18.0 Å². The lowest BCUT2D eigenvalue weighted by molar-refractivity contribution is -0.116. The Morgan fingerprint density at radius 3 is 2.31 bits per heavy atom. The van der Waals surface area contributed by atoms with Gasteiger partial charge < -0.3 is 10.2 Å². The van der Waals surface area contributed by atoms with Crippen molar-refractivity contribution in [1.29, 1.82) is 0 Å². The summed E-state index contributed by atoms with van der Waals surface area (Å²) >= 11 is 0. The van der Waals surface area contributed by atoms with Crippen molar-refractivity contribution in [2.24, 2.45) is 0 Å². The summed E-state index contributed by atoms with van der Waals surface area (Å²) in [6.07, 6.45) is 0. The molecule has 1 amide bonds. The van der Waals surface area contributed by atoms with Crippen molar-refractivity contribution in [2.75, 3.05) is 52.1 Å². The number of amides is 1. The molecule has 1 heterocycles. The van der Waals surface area contributed by atoms with Gasteiger partial charge in [-0.2, -0.15) is 4.31 Å². The molecular weight excluding hydrogens is 428 g/mol. The normalized spacial score (nSPS) is 15.6. The number of anilines is 1. The highest BCUT2D eigenvalue weighted by Gasteiger charge is 2.23. The minimum Gasteiger partial charge on any atom is -0.325 e. The van der Waals surface area contributed by atoms with E-state index in [1.807, 2.05) is 18.2 Å². The minimum atomic E-state index is -3.85. The third kappa shape index (κ3) is 6.23. The quantitative estimate of drug-likeness (QED) is 0.608. The summed E-state index contributed by atoms with van der Waals surface area (Å²) in [5, 5.41) is 2.79. The van der Waals surface area contributed by atoms with Crippen LogP contribution in [-0.4, -0.2) is 81.0 Å². The van der Waals surface area contributed by atoms with Crippen molar-refractivity contribution in [2.45, 2.75) is 18.4 Å². The average molecular weight is 459 g/mol. The average Bonchev–Trinajstić information content (AvgIpc) is 2.75. The highest BCUT2D eigenvalue weighted by molar-refractivity contribution is 7.89. The van der Waals surface area contributed by atoms with E-state index in [2.05, 4.69) is 22.2 Å². The summed E-state index contributed by atoms with van der Waals surface area (Å²) in [7, 11) is -0.374. The molecule has 1 fully saturated rings. The van der Waals surface area contributed by atoms with Crippen LogP contribution < -0.4 is 5.32 Å². The molecule has 1 aliphatic rings. The molecule has 8 nitrogen and oxygen atoms in total. The summed E-state index contributed by atoms with van der Waals surface area (Å²) < 4.78 is 26.5. The molecule has 2 aromatic carbocycles. The Morgan fingerprint density at radius 1 is 1.03 bits per heavy atom. The van der Waals surface area contributed by atoms with E-state index < -0.39 is 15.9 Å². The molecule has 0 radical (unpaired) electrons. The molecule has 0 atom stereocenters. The second-order valence-corrected chi connectivity index (χ2v) is 10.2. The Balaban J connectivity index is 1.59. The number of hydrogen-bond acceptors (Lipinski definition) is 6. The largest absolute Gasteiger partial charge is 0.325 e. The van der Waals surface area contributed by atoms with Crippen LogP contribution in [0, 0.1) is 0 Å². The van der Waals surface area contributed by atoms with Gasteiger partial charge in [0.1, 0.15) is 0 Å². The van der Waals surface area contributed by atoms with Gasteiger partial charge in [-0.05, 0) is 43.8 Å². The Morgan fingerprint density at radius 2 is 1.69 bits per heavy atom. The number of carbonyl (C=O) groups is 2. The standard InChI is InChI=1S/C23H30N4O4S/c1-18(28)20-7-9-22(10-8-20)32(30,31)26(3)17-23(29)24-21-6-4-5-19(15-21)16-27-13-11-25(2)12-14-27/h4-10,15H,11-14,16-17H2,1-3H3,(H,24,29). The number of benzene rings is 2. The Hall–Kier alpha value is -2.59. The van der Waals surface area contributed by atoms with Gasteiger partial charge in [0.2, 0.25) is 15.9 Å². The fourth-order valence-corrected chi connectivity index (χ4v) is 4.67. The number of nitrogens with zero attached hydrogens (tertiary/aromatic N) is 3. The predicted octanol–water partition coefficient (Wildman–Crippen LogP) is 1.90. The second kappa shape index (κ2) is 10.4. The number of ketones is 1. The van der Waals surface area contributed by atoms with Gasteiger partial charge in [-0.3, -0.25) is 14.5 Å². The molecule has 0 spiro atoms. The highest BCUT2D eigenvalue weighted by Crippen LogP contribution is 2.17. The molecule has 1 N–H and O–H groups in total. The Bertz CT molecular complexity index is 1060. The molecule has 172 valence electrons. The van der Waals surface area contributed by atoms with Gasteiger partial charge in [-0.25, -0.2) is 8.42 Å². The molecule has 0 aliphatic carbocycles. The van der Waals surface area contributed by atoms with Gasteiger partial charge in [0, 0.05) is 51.0 Å². The summed E-state index contributed by atoms with van der Waals surface area (Å²) in [5.41, 5.74) is 2.16. The van der Waals surface area contributed by atoms with E-state index in [4.69, 9.17) is 0 Å². The Labute approximate surface area is 189 Å². The van der Waals surface area contributed by atoms with Crippen LogP contribution in [0.15, 0.2) is 53.4 Å². The summed E-state index contributed by atoms with van der Waals surface area (Å²) in [6, 6.07) is 13.3. The highest BCUT2D eigenvalue weighted by atomic mass is 32.2. The van der Waals surface area contributed by atoms with Crippen LogP contribution in [-0.2, 0) is 21.4 Å². The van der Waals surface area contributed by atoms with Gasteiger partial charge in [0.25, 0.3) is 0 Å². The van der Waals surface area contributed by atoms with Crippen molar-refractivity contribution in [1.82, 2.24) is 14.1 Å². The van der Waals surface area contributed by atoms with E-state index in [0.717, 1.165) is 42.6 Å². The number of likely N-dealkylation sites (N-methyl/N-ethyl adjacent to an activating group) is 2. The molecule has 3 rings (SSSR count). The number of Topliss-reactive ketones (excluding diaryl/α,β-unsaturated/α-hetero) is 1. The predicted molar refractivity (Wildman–Crippen MR) is 124 cm³/mol. The van der Waals surface area contributed by atoms with Crippen molar-refractivity contribution < 1.29 is 18.0 Å². The molecular formula is C23H30N4O4S. The molecule has 0 saturated carbocycles. The maximum absolute atomic E-state index is 12.8. The minimum absolute atomic E-state index is 0.0342. The number of hydrogen-bond donors (Lipinski definition) is 1. The van der Waals surface area contributed by atoms with Crippen LogP contribution >= 0.6 is 0 Å². The summed E-state index contributed by atoms with van der Waals surface area (Å²) in [5.74, 6) is -0.565. The Kier molecular flexibility index (Phi) is 7.78. The molecule has 9 heteroatoms. The smallest absolute Gasteiger partial charge is 0.243 e. The van der Waals surface area contributed by atoms with Gasteiger partial charge in [-0.1, -0.05) is 24.3 Å². The van der Waals surface area contributed by atoms with E-state index in [1.165, 1.54) is 38.2 Å². The lowest BCUT2D eigenvalue weighted by Crippen LogP contribution is -2.43. The van der Waals surface area contributed by atoms with Crippen molar-refractivity contribution in [3.05, 3.63) is 59.7 Å². The van der Waals surface area contributed by atoms with Crippen molar-refractivity contribution >= 4 is 27.4 Å². The van der Waals surface area contributed by atoms with Crippen LogP contribution in [0.5, 0.6) is 0 Å². The maximum Gasteiger partial charge on any atom is 0.243 e. The SMILES string of the molecule is CC(=O)c1ccc(S(=O)(=O)N(C)CC(=O)Nc2cccc(CN3CCN(C)CC3)c2)cc1. The van der Waals surface area contributed by atoms with Gasteiger partial charge >= 0.3 is 0 Å². The molecule has 32 heavy (non-hydrogen) atoms. The van der Waals surface area contributed by atoms with Crippen LogP contribution in [0.2, 0.25) is 0 Å². The number of sulfonamides is 1. The van der Waals surface area contributed by atoms with Crippen molar-refractivity contribution in [3.8, 4) is 0 Å². The first kappa shape index (κ1) is 24.1. The van der Waals surface area contributed by atoms with Crippen LogP contribution in [0.3, 0.4) is 0 Å². The number of piperazine rings is 1. The topological polar surface area (TPSA) is 90.0 Å². The first-order valence-electron chi connectivity index (χ1n) is 10.5. The monoisotopic (exact) mass is 458 g/mol.